The summed E-state index contributed by atoms with van der Waals surface area (Å²) in [5, 5.41) is 0. The van der Waals surface area contributed by atoms with E-state index in [0.29, 0.717) is 6.04 Å². The van der Waals surface area contributed by atoms with Gasteiger partial charge in [-0.05, 0) is 58.5 Å². The minimum Gasteiger partial charge on any atom is -0.326 e. The first-order chi connectivity index (χ1) is 8.10. The maximum atomic E-state index is 6.47. The Hall–Kier alpha value is -0.0800. The molecule has 100 valence electrons. The summed E-state index contributed by atoms with van der Waals surface area (Å²) >= 11 is 0. The SMILES string of the molecule is CC(C)(C(N)CCC1CC1)N1CCCCCC1. The van der Waals surface area contributed by atoms with Crippen LogP contribution < -0.4 is 5.73 Å². The van der Waals surface area contributed by atoms with Crippen LogP contribution in [0.1, 0.15) is 65.2 Å². The van der Waals surface area contributed by atoms with E-state index in [1.807, 2.05) is 0 Å². The molecule has 0 bridgehead atoms. The third-order valence-corrected chi connectivity index (χ3v) is 4.91. The largest absolute Gasteiger partial charge is 0.326 e. The van der Waals surface area contributed by atoms with Gasteiger partial charge in [-0.1, -0.05) is 25.7 Å². The van der Waals surface area contributed by atoms with Crippen LogP contribution in [0, 0.1) is 5.92 Å². The highest BCUT2D eigenvalue weighted by atomic mass is 15.2. The molecule has 1 aliphatic heterocycles. The van der Waals surface area contributed by atoms with Crippen molar-refractivity contribution in [2.24, 2.45) is 11.7 Å². The van der Waals surface area contributed by atoms with Crippen molar-refractivity contribution in [3.8, 4) is 0 Å². The standard InChI is InChI=1S/C15H30N2/c1-15(2,14(16)10-9-13-7-8-13)17-11-5-3-4-6-12-17/h13-14H,3-12,16H2,1-2H3. The molecule has 1 aliphatic carbocycles. The minimum absolute atomic E-state index is 0.194. The highest BCUT2D eigenvalue weighted by Gasteiger charge is 2.34. The maximum absolute atomic E-state index is 6.47. The lowest BCUT2D eigenvalue weighted by Crippen LogP contribution is -2.56. The normalized spacial score (nSPS) is 25.6. The van der Waals surface area contributed by atoms with E-state index in [4.69, 9.17) is 5.73 Å². The Morgan fingerprint density at radius 1 is 1.12 bits per heavy atom. The van der Waals surface area contributed by atoms with Gasteiger partial charge in [0.1, 0.15) is 0 Å². The molecule has 1 atom stereocenters. The highest BCUT2D eigenvalue weighted by Crippen LogP contribution is 2.35. The van der Waals surface area contributed by atoms with Gasteiger partial charge in [-0.3, -0.25) is 4.90 Å². The molecular weight excluding hydrogens is 208 g/mol. The molecule has 1 heterocycles. The van der Waals surface area contributed by atoms with Gasteiger partial charge in [-0.15, -0.1) is 0 Å². The van der Waals surface area contributed by atoms with Crippen molar-refractivity contribution >= 4 is 0 Å². The topological polar surface area (TPSA) is 29.3 Å². The van der Waals surface area contributed by atoms with Crippen LogP contribution in [0.25, 0.3) is 0 Å². The highest BCUT2D eigenvalue weighted by molar-refractivity contribution is 4.93. The van der Waals surface area contributed by atoms with Gasteiger partial charge in [-0.25, -0.2) is 0 Å². The van der Waals surface area contributed by atoms with Crippen LogP contribution in [0.3, 0.4) is 0 Å². The molecule has 0 spiro atoms. The van der Waals surface area contributed by atoms with E-state index in [1.54, 1.807) is 0 Å². The number of nitrogens with two attached hydrogens (primary N) is 1. The van der Waals surface area contributed by atoms with Crippen molar-refractivity contribution in [3.05, 3.63) is 0 Å². The fourth-order valence-corrected chi connectivity index (χ4v) is 3.06. The Kier molecular flexibility index (Phi) is 4.48. The molecule has 0 amide bonds. The molecule has 2 nitrogen and oxygen atoms in total. The third kappa shape index (κ3) is 3.69. The summed E-state index contributed by atoms with van der Waals surface area (Å²) in [6, 6.07) is 0.348. The van der Waals surface area contributed by atoms with Crippen molar-refractivity contribution in [1.29, 1.82) is 0 Å². The van der Waals surface area contributed by atoms with Gasteiger partial charge in [-0.2, -0.15) is 0 Å². The Labute approximate surface area is 107 Å². The van der Waals surface area contributed by atoms with Gasteiger partial charge in [0, 0.05) is 11.6 Å². The zero-order chi connectivity index (χ0) is 12.3. The van der Waals surface area contributed by atoms with E-state index >= 15 is 0 Å². The van der Waals surface area contributed by atoms with Crippen molar-refractivity contribution < 1.29 is 0 Å². The smallest absolute Gasteiger partial charge is 0.0304 e. The number of hydrogen-bond donors (Lipinski definition) is 1. The zero-order valence-electron chi connectivity index (χ0n) is 11.8. The fraction of sp³-hybridized carbons (Fsp3) is 1.00. The quantitative estimate of drug-likeness (QED) is 0.797. The summed E-state index contributed by atoms with van der Waals surface area (Å²) < 4.78 is 0. The fourth-order valence-electron chi connectivity index (χ4n) is 3.06. The van der Waals surface area contributed by atoms with Crippen molar-refractivity contribution in [3.63, 3.8) is 0 Å². The first-order valence-corrected chi connectivity index (χ1v) is 7.61. The van der Waals surface area contributed by atoms with E-state index < -0.39 is 0 Å². The number of nitrogens with zero attached hydrogens (tertiary/aromatic N) is 1. The molecule has 1 saturated carbocycles. The second-order valence-corrected chi connectivity index (χ2v) is 6.68. The van der Waals surface area contributed by atoms with Gasteiger partial charge in [0.05, 0.1) is 0 Å². The van der Waals surface area contributed by atoms with Gasteiger partial charge < -0.3 is 5.73 Å². The summed E-state index contributed by atoms with van der Waals surface area (Å²) in [4.78, 5) is 2.65. The molecular formula is C15H30N2. The Morgan fingerprint density at radius 2 is 1.71 bits per heavy atom. The Bertz CT molecular complexity index is 225. The first kappa shape index (κ1) is 13.4. The number of likely N-dealkylation sites (tertiary alicyclic amines) is 1. The predicted octanol–water partition coefficient (Wildman–Crippen LogP) is 3.16. The molecule has 2 heteroatoms. The predicted molar refractivity (Wildman–Crippen MR) is 74.1 cm³/mol. The molecule has 0 aromatic heterocycles. The van der Waals surface area contributed by atoms with Crippen LogP contribution in [-0.2, 0) is 0 Å². The Morgan fingerprint density at radius 3 is 2.24 bits per heavy atom. The molecule has 2 rings (SSSR count). The van der Waals surface area contributed by atoms with E-state index in [-0.39, 0.29) is 5.54 Å². The second-order valence-electron chi connectivity index (χ2n) is 6.68. The molecule has 1 unspecified atom stereocenters. The molecule has 0 aromatic carbocycles. The summed E-state index contributed by atoms with van der Waals surface area (Å²) in [7, 11) is 0. The zero-order valence-corrected chi connectivity index (χ0v) is 11.8. The van der Waals surface area contributed by atoms with Gasteiger partial charge >= 0.3 is 0 Å². The lowest BCUT2D eigenvalue weighted by Gasteiger charge is -2.42. The summed E-state index contributed by atoms with van der Waals surface area (Å²) in [6.07, 6.45) is 11.0. The lowest BCUT2D eigenvalue weighted by molar-refractivity contribution is 0.0935. The lowest BCUT2D eigenvalue weighted by atomic mass is 9.88. The monoisotopic (exact) mass is 238 g/mol. The van der Waals surface area contributed by atoms with Crippen molar-refractivity contribution in [2.45, 2.75) is 76.8 Å². The Balaban J connectivity index is 1.84. The van der Waals surface area contributed by atoms with Crippen molar-refractivity contribution in [2.75, 3.05) is 13.1 Å². The van der Waals surface area contributed by atoms with Gasteiger partial charge in [0.25, 0.3) is 0 Å². The molecule has 2 N–H and O–H groups in total. The van der Waals surface area contributed by atoms with Crippen LogP contribution >= 0.6 is 0 Å². The van der Waals surface area contributed by atoms with Gasteiger partial charge in [0.2, 0.25) is 0 Å². The average molecular weight is 238 g/mol. The van der Waals surface area contributed by atoms with Crippen LogP contribution in [-0.4, -0.2) is 29.6 Å². The van der Waals surface area contributed by atoms with Crippen LogP contribution in [0.5, 0.6) is 0 Å². The minimum atomic E-state index is 0.194. The van der Waals surface area contributed by atoms with E-state index in [9.17, 15) is 0 Å². The molecule has 2 fully saturated rings. The maximum Gasteiger partial charge on any atom is 0.0304 e. The van der Waals surface area contributed by atoms with Crippen LogP contribution in [0.15, 0.2) is 0 Å². The van der Waals surface area contributed by atoms with E-state index in [2.05, 4.69) is 18.7 Å². The summed E-state index contributed by atoms with van der Waals surface area (Å²) in [5.41, 5.74) is 6.66. The van der Waals surface area contributed by atoms with E-state index in [0.717, 1.165) is 5.92 Å². The summed E-state index contributed by atoms with van der Waals surface area (Å²) in [6.45, 7) is 7.22. The second kappa shape index (κ2) is 5.71. The molecule has 17 heavy (non-hydrogen) atoms. The average Bonchev–Trinajstić information content (AvgIpc) is 3.12. The number of rotatable bonds is 5. The van der Waals surface area contributed by atoms with Crippen LogP contribution in [0.2, 0.25) is 0 Å². The molecule has 2 aliphatic rings. The van der Waals surface area contributed by atoms with Crippen LogP contribution in [0.4, 0.5) is 0 Å². The number of hydrogen-bond acceptors (Lipinski definition) is 2. The molecule has 1 saturated heterocycles. The summed E-state index contributed by atoms with van der Waals surface area (Å²) in [5.74, 6) is 1.01. The van der Waals surface area contributed by atoms with Crippen molar-refractivity contribution in [1.82, 2.24) is 4.90 Å². The van der Waals surface area contributed by atoms with E-state index in [1.165, 1.54) is 64.5 Å². The first-order valence-electron chi connectivity index (χ1n) is 7.61. The molecule has 0 aromatic rings. The van der Waals surface area contributed by atoms with Gasteiger partial charge in [0.15, 0.2) is 0 Å². The molecule has 0 radical (unpaired) electrons. The third-order valence-electron chi connectivity index (χ3n) is 4.91.